The molecule has 0 radical (unpaired) electrons. The van der Waals surface area contributed by atoms with Gasteiger partial charge in [0.15, 0.2) is 17.3 Å². The van der Waals surface area contributed by atoms with Crippen molar-refractivity contribution >= 4 is 11.6 Å². The molecule has 0 saturated carbocycles. The van der Waals surface area contributed by atoms with Gasteiger partial charge in [0, 0.05) is 18.7 Å². The SMILES string of the molecule is Nc1ccc(-c2cc(Cc3ccc(OCc4ccccn4)c(F)c3)no2)c(N)n1. The van der Waals surface area contributed by atoms with Gasteiger partial charge in [-0.15, -0.1) is 0 Å². The van der Waals surface area contributed by atoms with E-state index in [2.05, 4.69) is 15.1 Å². The Balaban J connectivity index is 1.45. The van der Waals surface area contributed by atoms with Gasteiger partial charge in [-0.2, -0.15) is 0 Å². The molecule has 4 rings (SSSR count). The molecule has 0 spiro atoms. The Labute approximate surface area is 166 Å². The predicted molar refractivity (Wildman–Crippen MR) is 106 cm³/mol. The van der Waals surface area contributed by atoms with Crippen LogP contribution in [0.4, 0.5) is 16.0 Å². The molecule has 3 heterocycles. The number of hydrogen-bond donors (Lipinski definition) is 2. The molecule has 0 amide bonds. The summed E-state index contributed by atoms with van der Waals surface area (Å²) >= 11 is 0. The summed E-state index contributed by atoms with van der Waals surface area (Å²) in [6, 6.07) is 15.4. The van der Waals surface area contributed by atoms with E-state index in [4.69, 9.17) is 20.7 Å². The molecule has 0 fully saturated rings. The van der Waals surface area contributed by atoms with Crippen LogP contribution in [0.15, 0.2) is 65.3 Å². The molecule has 0 aliphatic rings. The zero-order chi connectivity index (χ0) is 20.2. The smallest absolute Gasteiger partial charge is 0.170 e. The lowest BCUT2D eigenvalue weighted by molar-refractivity contribution is 0.286. The maximum Gasteiger partial charge on any atom is 0.170 e. The van der Waals surface area contributed by atoms with Gasteiger partial charge in [-0.3, -0.25) is 4.98 Å². The average Bonchev–Trinajstić information content (AvgIpc) is 3.16. The van der Waals surface area contributed by atoms with Crippen LogP contribution in [0, 0.1) is 5.82 Å². The summed E-state index contributed by atoms with van der Waals surface area (Å²) in [4.78, 5) is 8.15. The molecule has 0 saturated heterocycles. The highest BCUT2D eigenvalue weighted by atomic mass is 19.1. The van der Waals surface area contributed by atoms with Gasteiger partial charge >= 0.3 is 0 Å². The highest BCUT2D eigenvalue weighted by Crippen LogP contribution is 2.27. The zero-order valence-electron chi connectivity index (χ0n) is 15.4. The molecule has 7 nitrogen and oxygen atoms in total. The Morgan fingerprint density at radius 3 is 2.66 bits per heavy atom. The fourth-order valence-corrected chi connectivity index (χ4v) is 2.84. The molecule has 0 aliphatic carbocycles. The largest absolute Gasteiger partial charge is 0.484 e. The Morgan fingerprint density at radius 2 is 1.90 bits per heavy atom. The second kappa shape index (κ2) is 7.97. The van der Waals surface area contributed by atoms with Gasteiger partial charge in [-0.1, -0.05) is 17.3 Å². The fourth-order valence-electron chi connectivity index (χ4n) is 2.84. The van der Waals surface area contributed by atoms with E-state index < -0.39 is 5.82 Å². The fraction of sp³-hybridized carbons (Fsp3) is 0.0952. The van der Waals surface area contributed by atoms with Crippen molar-refractivity contribution in [2.45, 2.75) is 13.0 Å². The molecule has 0 aliphatic heterocycles. The van der Waals surface area contributed by atoms with Crippen LogP contribution >= 0.6 is 0 Å². The summed E-state index contributed by atoms with van der Waals surface area (Å²) < 4.78 is 25.2. The Bertz CT molecular complexity index is 1130. The van der Waals surface area contributed by atoms with Crippen molar-refractivity contribution in [2.75, 3.05) is 11.5 Å². The van der Waals surface area contributed by atoms with Crippen molar-refractivity contribution < 1.29 is 13.7 Å². The van der Waals surface area contributed by atoms with Crippen molar-refractivity contribution in [3.63, 3.8) is 0 Å². The van der Waals surface area contributed by atoms with Gasteiger partial charge in [0.05, 0.1) is 17.0 Å². The lowest BCUT2D eigenvalue weighted by atomic mass is 10.1. The van der Waals surface area contributed by atoms with Gasteiger partial charge in [-0.25, -0.2) is 9.37 Å². The molecule has 8 heteroatoms. The summed E-state index contributed by atoms with van der Waals surface area (Å²) in [7, 11) is 0. The highest BCUT2D eigenvalue weighted by Gasteiger charge is 2.13. The Morgan fingerprint density at radius 1 is 1.00 bits per heavy atom. The minimum Gasteiger partial charge on any atom is -0.484 e. The first-order chi connectivity index (χ1) is 14.1. The maximum atomic E-state index is 14.4. The summed E-state index contributed by atoms with van der Waals surface area (Å²) in [5.74, 6) is 0.774. The van der Waals surface area contributed by atoms with E-state index >= 15 is 0 Å². The lowest BCUT2D eigenvalue weighted by Crippen LogP contribution is -2.00. The van der Waals surface area contributed by atoms with Crippen molar-refractivity contribution in [1.29, 1.82) is 0 Å². The van der Waals surface area contributed by atoms with E-state index in [9.17, 15) is 4.39 Å². The first-order valence-electron chi connectivity index (χ1n) is 8.87. The zero-order valence-corrected chi connectivity index (χ0v) is 15.4. The number of benzene rings is 1. The van der Waals surface area contributed by atoms with Crippen LogP contribution < -0.4 is 16.2 Å². The predicted octanol–water partition coefficient (Wildman–Crippen LogP) is 3.60. The Hall–Kier alpha value is -3.94. The van der Waals surface area contributed by atoms with E-state index in [1.54, 1.807) is 36.5 Å². The first-order valence-corrected chi connectivity index (χ1v) is 8.87. The minimum atomic E-state index is -0.450. The molecule has 4 aromatic rings. The summed E-state index contributed by atoms with van der Waals surface area (Å²) in [6.45, 7) is 0.195. The van der Waals surface area contributed by atoms with E-state index in [0.717, 1.165) is 11.3 Å². The number of anilines is 2. The standard InChI is InChI=1S/C21H18FN5O2/c22-17-10-13(4-6-18(17)28-12-14-3-1-2-8-25-14)9-15-11-19(29-27-15)16-5-7-20(23)26-21(16)24/h1-8,10-11H,9,12H2,(H4,23,24,26). The van der Waals surface area contributed by atoms with E-state index in [0.29, 0.717) is 29.3 Å². The van der Waals surface area contributed by atoms with E-state index in [1.165, 1.54) is 6.07 Å². The summed E-state index contributed by atoms with van der Waals surface area (Å²) in [5.41, 5.74) is 14.2. The van der Waals surface area contributed by atoms with Gasteiger partial charge in [0.1, 0.15) is 18.2 Å². The number of hydrogen-bond acceptors (Lipinski definition) is 7. The van der Waals surface area contributed by atoms with Gasteiger partial charge in [0.25, 0.3) is 0 Å². The van der Waals surface area contributed by atoms with Crippen LogP contribution in [0.1, 0.15) is 17.0 Å². The number of nitrogens with zero attached hydrogens (tertiary/aromatic N) is 3. The van der Waals surface area contributed by atoms with Crippen LogP contribution in [0.25, 0.3) is 11.3 Å². The number of ether oxygens (including phenoxy) is 1. The molecule has 0 bridgehead atoms. The number of rotatable bonds is 6. The maximum absolute atomic E-state index is 14.4. The highest BCUT2D eigenvalue weighted by molar-refractivity contribution is 5.71. The molecule has 1 aromatic carbocycles. The quantitative estimate of drug-likeness (QED) is 0.516. The van der Waals surface area contributed by atoms with Crippen LogP contribution in [-0.2, 0) is 13.0 Å². The molecule has 146 valence electrons. The summed E-state index contributed by atoms with van der Waals surface area (Å²) in [5, 5.41) is 4.03. The average molecular weight is 391 g/mol. The first kappa shape index (κ1) is 18.4. The topological polar surface area (TPSA) is 113 Å². The molecule has 3 aromatic heterocycles. The third-order valence-electron chi connectivity index (χ3n) is 4.25. The molecule has 0 unspecified atom stereocenters. The number of pyridine rings is 2. The van der Waals surface area contributed by atoms with Crippen molar-refractivity contribution in [3.05, 3.63) is 83.6 Å². The molecular weight excluding hydrogens is 373 g/mol. The van der Waals surface area contributed by atoms with Crippen molar-refractivity contribution in [2.24, 2.45) is 0 Å². The van der Waals surface area contributed by atoms with Crippen molar-refractivity contribution in [3.8, 4) is 17.1 Å². The molecular formula is C21H18FN5O2. The third kappa shape index (κ3) is 4.32. The van der Waals surface area contributed by atoms with Crippen LogP contribution in [-0.4, -0.2) is 15.1 Å². The number of nitrogens with two attached hydrogens (primary N) is 2. The van der Waals surface area contributed by atoms with Gasteiger partial charge in [0.2, 0.25) is 0 Å². The second-order valence-corrected chi connectivity index (χ2v) is 6.40. The van der Waals surface area contributed by atoms with Crippen LogP contribution in [0.5, 0.6) is 5.75 Å². The molecule has 29 heavy (non-hydrogen) atoms. The normalized spacial score (nSPS) is 10.8. The second-order valence-electron chi connectivity index (χ2n) is 6.40. The molecule has 4 N–H and O–H groups in total. The van der Waals surface area contributed by atoms with Crippen LogP contribution in [0.3, 0.4) is 0 Å². The third-order valence-corrected chi connectivity index (χ3v) is 4.25. The number of nitrogen functional groups attached to an aromatic ring is 2. The lowest BCUT2D eigenvalue weighted by Gasteiger charge is -2.08. The molecule has 0 atom stereocenters. The number of halogens is 1. The Kier molecular flexibility index (Phi) is 5.07. The van der Waals surface area contributed by atoms with E-state index in [1.807, 2.05) is 18.2 Å². The minimum absolute atomic E-state index is 0.168. The number of aromatic nitrogens is 3. The van der Waals surface area contributed by atoms with Gasteiger partial charge in [-0.05, 0) is 42.0 Å². The van der Waals surface area contributed by atoms with E-state index in [-0.39, 0.29) is 18.2 Å². The monoisotopic (exact) mass is 391 g/mol. The van der Waals surface area contributed by atoms with Crippen molar-refractivity contribution in [1.82, 2.24) is 15.1 Å². The summed E-state index contributed by atoms with van der Waals surface area (Å²) in [6.07, 6.45) is 2.06. The van der Waals surface area contributed by atoms with Gasteiger partial charge < -0.3 is 20.7 Å². The van der Waals surface area contributed by atoms with Crippen LogP contribution in [0.2, 0.25) is 0 Å².